The van der Waals surface area contributed by atoms with Crippen LogP contribution in [0, 0.1) is 11.7 Å². The number of halogens is 5. The Balaban J connectivity index is 2.23. The maximum atomic E-state index is 14.4. The highest BCUT2D eigenvalue weighted by Gasteiger charge is 2.66. The van der Waals surface area contributed by atoms with Crippen molar-refractivity contribution in [1.29, 1.82) is 0 Å². The number of benzene rings is 1. The molecular weight excluding hydrogens is 412 g/mol. The summed E-state index contributed by atoms with van der Waals surface area (Å²) >= 11 is 6.78. The zero-order valence-corrected chi connectivity index (χ0v) is 14.8. The summed E-state index contributed by atoms with van der Waals surface area (Å²) in [6.07, 6.45) is -5.42. The second-order valence-electron chi connectivity index (χ2n) is 5.79. The van der Waals surface area contributed by atoms with Gasteiger partial charge in [0, 0.05) is 10.6 Å². The molecular formula is C16H11ClF4N2O3S. The lowest BCUT2D eigenvalue weighted by Crippen LogP contribution is -2.72. The van der Waals surface area contributed by atoms with Crippen molar-refractivity contribution in [3.63, 3.8) is 0 Å². The molecule has 1 aliphatic heterocycles. The molecule has 0 spiro atoms. The highest BCUT2D eigenvalue weighted by molar-refractivity contribution is 7.12. The second-order valence-corrected chi connectivity index (χ2v) is 7.15. The molecule has 3 rings (SSSR count). The molecule has 2 amide bonds. The van der Waals surface area contributed by atoms with Gasteiger partial charge < -0.3 is 15.7 Å². The second kappa shape index (κ2) is 6.77. The lowest BCUT2D eigenvalue weighted by atomic mass is 9.78. The van der Waals surface area contributed by atoms with Gasteiger partial charge in [-0.05, 0) is 23.6 Å². The summed E-state index contributed by atoms with van der Waals surface area (Å²) in [4.78, 5) is 24.6. The minimum absolute atomic E-state index is 0.0990. The molecule has 1 aliphatic rings. The van der Waals surface area contributed by atoms with Crippen LogP contribution in [-0.4, -0.2) is 28.8 Å². The minimum atomic E-state index is -5.42. The highest BCUT2D eigenvalue weighted by atomic mass is 35.5. The summed E-state index contributed by atoms with van der Waals surface area (Å²) < 4.78 is 55.4. The lowest BCUT2D eigenvalue weighted by molar-refractivity contribution is -0.287. The van der Waals surface area contributed by atoms with Crippen molar-refractivity contribution in [1.82, 2.24) is 10.6 Å². The molecule has 0 bridgehead atoms. The third kappa shape index (κ3) is 3.28. The predicted octanol–water partition coefficient (Wildman–Crippen LogP) is 3.64. The van der Waals surface area contributed by atoms with Gasteiger partial charge in [-0.15, -0.1) is 11.3 Å². The van der Waals surface area contributed by atoms with Gasteiger partial charge in [0.2, 0.25) is 5.72 Å². The van der Waals surface area contributed by atoms with Crippen LogP contribution in [0.25, 0.3) is 0 Å². The Morgan fingerprint density at radius 1 is 1.26 bits per heavy atom. The summed E-state index contributed by atoms with van der Waals surface area (Å²) in [6, 6.07) is 2.77. The first kappa shape index (κ1) is 19.6. The van der Waals surface area contributed by atoms with Crippen LogP contribution in [0.1, 0.15) is 21.3 Å². The number of hydrogen-bond donors (Lipinski definition) is 3. The van der Waals surface area contributed by atoms with Crippen molar-refractivity contribution in [2.45, 2.75) is 17.9 Å². The van der Waals surface area contributed by atoms with Crippen molar-refractivity contribution in [3.05, 3.63) is 57.0 Å². The van der Waals surface area contributed by atoms with E-state index in [0.717, 1.165) is 17.4 Å². The molecule has 11 heteroatoms. The number of carbonyl (C=O) groups excluding carboxylic acids is 2. The normalized spacial score (nSPS) is 25.6. The number of urea groups is 1. The first-order chi connectivity index (χ1) is 12.6. The lowest BCUT2D eigenvalue weighted by Gasteiger charge is -2.45. The summed E-state index contributed by atoms with van der Waals surface area (Å²) in [7, 11) is 0. The van der Waals surface area contributed by atoms with E-state index >= 15 is 0 Å². The van der Waals surface area contributed by atoms with E-state index < -0.39 is 47.1 Å². The molecule has 0 unspecified atom stereocenters. The molecule has 2 heterocycles. The van der Waals surface area contributed by atoms with Crippen molar-refractivity contribution in [2.75, 3.05) is 0 Å². The van der Waals surface area contributed by atoms with E-state index in [1.807, 2.05) is 0 Å². The van der Waals surface area contributed by atoms with Crippen molar-refractivity contribution in [3.8, 4) is 0 Å². The van der Waals surface area contributed by atoms with Gasteiger partial charge >= 0.3 is 12.2 Å². The molecule has 2 aromatic rings. The Kier molecular flexibility index (Phi) is 4.91. The molecule has 1 saturated heterocycles. The van der Waals surface area contributed by atoms with Crippen molar-refractivity contribution >= 4 is 34.8 Å². The number of amides is 2. The van der Waals surface area contributed by atoms with Crippen LogP contribution >= 0.6 is 22.9 Å². The molecule has 0 saturated carbocycles. The third-order valence-electron chi connectivity index (χ3n) is 4.16. The van der Waals surface area contributed by atoms with Gasteiger partial charge in [0.25, 0.3) is 0 Å². The number of nitrogens with one attached hydrogen (secondary N) is 2. The van der Waals surface area contributed by atoms with Crippen LogP contribution in [-0.2, 0) is 0 Å². The SMILES string of the molecule is O=C1N[C@H](c2c(F)cccc2Cl)[C@H](C(=O)c2cccs2)[C@](O)(C(F)(F)F)N1. The molecule has 27 heavy (non-hydrogen) atoms. The minimum Gasteiger partial charge on any atom is -0.363 e. The fourth-order valence-corrected chi connectivity index (χ4v) is 3.94. The van der Waals surface area contributed by atoms with Crippen molar-refractivity contribution in [2.24, 2.45) is 5.92 Å². The van der Waals surface area contributed by atoms with Gasteiger partial charge in [-0.3, -0.25) is 4.79 Å². The number of ketones is 1. The van der Waals surface area contributed by atoms with E-state index in [2.05, 4.69) is 5.32 Å². The van der Waals surface area contributed by atoms with Crippen LogP contribution in [0.3, 0.4) is 0 Å². The average Bonchev–Trinajstić information content (AvgIpc) is 3.07. The zero-order chi connectivity index (χ0) is 20.0. The summed E-state index contributed by atoms with van der Waals surface area (Å²) in [6.45, 7) is 0. The van der Waals surface area contributed by atoms with Gasteiger partial charge in [0.1, 0.15) is 11.7 Å². The Morgan fingerprint density at radius 3 is 2.52 bits per heavy atom. The zero-order valence-electron chi connectivity index (χ0n) is 13.2. The van der Waals surface area contributed by atoms with Crippen LogP contribution in [0.4, 0.5) is 22.4 Å². The standard InChI is InChI=1S/C16H11ClF4N2O3S/c17-7-3-1-4-8(18)10(7)12-11(13(24)9-5-2-6-27-9)15(26,16(19,20)21)23-14(25)22-12/h1-6,11-12,26H,(H2,22,23,25)/t11-,12-,15+/m1/s1. The largest absolute Gasteiger partial charge is 0.437 e. The molecule has 1 fully saturated rings. The Bertz CT molecular complexity index is 870. The van der Waals surface area contributed by atoms with E-state index in [0.29, 0.717) is 0 Å². The highest BCUT2D eigenvalue weighted by Crippen LogP contribution is 2.45. The molecule has 3 atom stereocenters. The summed E-state index contributed by atoms with van der Waals surface area (Å²) in [5.74, 6) is -4.46. The van der Waals surface area contributed by atoms with Gasteiger partial charge in [-0.1, -0.05) is 23.7 Å². The first-order valence-electron chi connectivity index (χ1n) is 7.45. The molecule has 1 aromatic carbocycles. The van der Waals surface area contributed by atoms with E-state index in [1.165, 1.54) is 35.0 Å². The molecule has 144 valence electrons. The smallest absolute Gasteiger partial charge is 0.363 e. The number of aliphatic hydroxyl groups is 1. The molecule has 0 aliphatic carbocycles. The van der Waals surface area contributed by atoms with Crippen LogP contribution in [0.5, 0.6) is 0 Å². The van der Waals surface area contributed by atoms with Gasteiger partial charge in [0.05, 0.1) is 10.9 Å². The van der Waals surface area contributed by atoms with Crippen LogP contribution in [0.15, 0.2) is 35.7 Å². The number of hydrogen-bond acceptors (Lipinski definition) is 4. The number of Topliss-reactive ketones (excluding diaryl/α,β-unsaturated/α-hetero) is 1. The third-order valence-corrected chi connectivity index (χ3v) is 5.38. The van der Waals surface area contributed by atoms with Crippen LogP contribution < -0.4 is 10.6 Å². The number of rotatable bonds is 3. The Labute approximate surface area is 158 Å². The van der Waals surface area contributed by atoms with Gasteiger partial charge in [0.15, 0.2) is 5.78 Å². The van der Waals surface area contributed by atoms with Crippen LogP contribution in [0.2, 0.25) is 5.02 Å². The number of carbonyl (C=O) groups is 2. The van der Waals surface area contributed by atoms with E-state index in [4.69, 9.17) is 11.6 Å². The maximum absolute atomic E-state index is 14.4. The number of alkyl halides is 3. The Hall–Kier alpha value is -2.17. The van der Waals surface area contributed by atoms with Gasteiger partial charge in [-0.25, -0.2) is 9.18 Å². The molecule has 3 N–H and O–H groups in total. The van der Waals surface area contributed by atoms with Crippen molar-refractivity contribution < 1.29 is 32.3 Å². The fraction of sp³-hybridized carbons (Fsp3) is 0.250. The number of thiophene rings is 1. The van der Waals surface area contributed by atoms with Gasteiger partial charge in [-0.2, -0.15) is 13.2 Å². The molecule has 5 nitrogen and oxygen atoms in total. The fourth-order valence-electron chi connectivity index (χ4n) is 2.96. The average molecular weight is 423 g/mol. The van der Waals surface area contributed by atoms with E-state index in [9.17, 15) is 32.3 Å². The summed E-state index contributed by atoms with van der Waals surface area (Å²) in [5.41, 5.74) is -4.45. The van der Waals surface area contributed by atoms with E-state index in [1.54, 1.807) is 0 Å². The van der Waals surface area contributed by atoms with E-state index in [-0.39, 0.29) is 9.90 Å². The quantitative estimate of drug-likeness (QED) is 0.522. The summed E-state index contributed by atoms with van der Waals surface area (Å²) in [5, 5.41) is 15.0. The molecule has 0 radical (unpaired) electrons. The predicted molar refractivity (Wildman–Crippen MR) is 89.0 cm³/mol. The Morgan fingerprint density at radius 2 is 1.96 bits per heavy atom. The molecule has 1 aromatic heterocycles. The monoisotopic (exact) mass is 422 g/mol. The maximum Gasteiger partial charge on any atom is 0.437 e. The first-order valence-corrected chi connectivity index (χ1v) is 8.71. The topological polar surface area (TPSA) is 78.4 Å².